The van der Waals surface area contributed by atoms with Gasteiger partial charge in [-0.15, -0.1) is 0 Å². The van der Waals surface area contributed by atoms with Crippen LogP contribution in [0.4, 0.5) is 5.69 Å². The number of benzene rings is 3. The fourth-order valence-corrected chi connectivity index (χ4v) is 3.11. The Morgan fingerprint density at radius 2 is 1.89 bits per heavy atom. The van der Waals surface area contributed by atoms with E-state index in [4.69, 9.17) is 9.15 Å². The van der Waals surface area contributed by atoms with Crippen LogP contribution in [-0.2, 0) is 4.79 Å². The molecule has 0 aliphatic heterocycles. The minimum atomic E-state index is -0.439. The van der Waals surface area contributed by atoms with Gasteiger partial charge in [-0.25, -0.2) is 4.79 Å². The number of aromatic hydroxyl groups is 1. The number of rotatable bonds is 4. The molecule has 0 aliphatic carbocycles. The second-order valence-electron chi connectivity index (χ2n) is 6.42. The molecule has 6 nitrogen and oxygen atoms in total. The SMILES string of the molecule is Cc1cc(=O)oc2cc(OCC(=O)Nc3c(O)ccc4ccccc34)ccc12. The van der Waals surface area contributed by atoms with Crippen molar-refractivity contribution in [3.8, 4) is 11.5 Å². The summed E-state index contributed by atoms with van der Waals surface area (Å²) in [7, 11) is 0. The van der Waals surface area contributed by atoms with Gasteiger partial charge in [-0.05, 0) is 36.1 Å². The summed E-state index contributed by atoms with van der Waals surface area (Å²) in [5.41, 5.74) is 1.11. The van der Waals surface area contributed by atoms with Crippen molar-refractivity contribution in [2.45, 2.75) is 6.92 Å². The first-order chi connectivity index (χ1) is 13.5. The van der Waals surface area contributed by atoms with E-state index in [-0.39, 0.29) is 12.4 Å². The Balaban J connectivity index is 1.52. The van der Waals surface area contributed by atoms with Crippen LogP contribution in [0.3, 0.4) is 0 Å². The Hall–Kier alpha value is -3.80. The first-order valence-electron chi connectivity index (χ1n) is 8.69. The number of nitrogens with one attached hydrogen (secondary N) is 1. The van der Waals surface area contributed by atoms with E-state index in [1.54, 1.807) is 24.3 Å². The molecule has 0 bridgehead atoms. The normalized spacial score (nSPS) is 10.9. The number of carbonyl (C=O) groups is 1. The van der Waals surface area contributed by atoms with Crippen molar-refractivity contribution in [2.24, 2.45) is 0 Å². The van der Waals surface area contributed by atoms with Gasteiger partial charge in [0.05, 0.1) is 5.69 Å². The van der Waals surface area contributed by atoms with Crippen LogP contribution in [0.1, 0.15) is 5.56 Å². The standard InChI is InChI=1S/C22H17NO5/c1-13-10-21(26)28-19-11-15(7-8-16(13)19)27-12-20(25)23-22-17-5-3-2-4-14(17)6-9-18(22)24/h2-11,24H,12H2,1H3,(H,23,25). The van der Waals surface area contributed by atoms with Gasteiger partial charge in [0, 0.05) is 22.9 Å². The Bertz CT molecular complexity index is 1260. The van der Waals surface area contributed by atoms with E-state index in [1.807, 2.05) is 31.2 Å². The summed E-state index contributed by atoms with van der Waals surface area (Å²) >= 11 is 0. The molecular formula is C22H17NO5. The summed E-state index contributed by atoms with van der Waals surface area (Å²) in [6.07, 6.45) is 0. The molecule has 6 heteroatoms. The van der Waals surface area contributed by atoms with Gasteiger partial charge in [0.1, 0.15) is 17.1 Å². The molecule has 0 fully saturated rings. The molecule has 0 unspecified atom stereocenters. The highest BCUT2D eigenvalue weighted by atomic mass is 16.5. The number of amides is 1. The van der Waals surface area contributed by atoms with Gasteiger partial charge in [-0.2, -0.15) is 0 Å². The molecule has 3 aromatic carbocycles. The number of hydrogen-bond acceptors (Lipinski definition) is 5. The van der Waals surface area contributed by atoms with Crippen LogP contribution in [0.15, 0.2) is 69.9 Å². The molecule has 4 rings (SSSR count). The van der Waals surface area contributed by atoms with Crippen LogP contribution < -0.4 is 15.7 Å². The average molecular weight is 375 g/mol. The van der Waals surface area contributed by atoms with Crippen LogP contribution in [0.5, 0.6) is 11.5 Å². The Morgan fingerprint density at radius 1 is 1.07 bits per heavy atom. The minimum absolute atomic E-state index is 0.0185. The second kappa shape index (κ2) is 7.08. The molecular weight excluding hydrogens is 358 g/mol. The zero-order chi connectivity index (χ0) is 19.7. The van der Waals surface area contributed by atoms with Crippen LogP contribution in [0.25, 0.3) is 21.7 Å². The van der Waals surface area contributed by atoms with E-state index in [0.717, 1.165) is 21.7 Å². The molecule has 28 heavy (non-hydrogen) atoms. The van der Waals surface area contributed by atoms with Crippen molar-refractivity contribution >= 4 is 33.3 Å². The van der Waals surface area contributed by atoms with E-state index in [9.17, 15) is 14.7 Å². The van der Waals surface area contributed by atoms with Crippen LogP contribution in [0, 0.1) is 6.92 Å². The zero-order valence-electron chi connectivity index (χ0n) is 15.1. The molecule has 0 spiro atoms. The zero-order valence-corrected chi connectivity index (χ0v) is 15.1. The number of ether oxygens (including phenoxy) is 1. The maximum absolute atomic E-state index is 12.3. The van der Waals surface area contributed by atoms with Gasteiger partial charge >= 0.3 is 5.63 Å². The fourth-order valence-electron chi connectivity index (χ4n) is 3.11. The Morgan fingerprint density at radius 3 is 2.75 bits per heavy atom. The number of phenols is 1. The lowest BCUT2D eigenvalue weighted by Gasteiger charge is -2.12. The van der Waals surface area contributed by atoms with Gasteiger partial charge in [-0.1, -0.05) is 30.3 Å². The highest BCUT2D eigenvalue weighted by molar-refractivity contribution is 6.04. The molecule has 0 atom stereocenters. The number of phenolic OH excluding ortho intramolecular Hbond substituents is 1. The third-order valence-electron chi connectivity index (χ3n) is 4.46. The molecule has 1 aromatic heterocycles. The summed E-state index contributed by atoms with van der Waals surface area (Å²) in [4.78, 5) is 23.9. The molecule has 2 N–H and O–H groups in total. The van der Waals surface area contributed by atoms with Gasteiger partial charge < -0.3 is 19.6 Å². The highest BCUT2D eigenvalue weighted by Crippen LogP contribution is 2.32. The van der Waals surface area contributed by atoms with Crippen molar-refractivity contribution < 1.29 is 19.1 Å². The smallest absolute Gasteiger partial charge is 0.336 e. The lowest BCUT2D eigenvalue weighted by Crippen LogP contribution is -2.20. The maximum atomic E-state index is 12.3. The molecule has 1 amide bonds. The molecule has 140 valence electrons. The van der Waals surface area contributed by atoms with E-state index < -0.39 is 11.5 Å². The van der Waals surface area contributed by atoms with E-state index in [1.165, 1.54) is 12.1 Å². The van der Waals surface area contributed by atoms with E-state index in [0.29, 0.717) is 17.0 Å². The number of hydrogen-bond donors (Lipinski definition) is 2. The summed E-state index contributed by atoms with van der Waals surface area (Å²) in [6, 6.07) is 17.2. The first kappa shape index (κ1) is 17.6. The van der Waals surface area contributed by atoms with E-state index in [2.05, 4.69) is 5.32 Å². The van der Waals surface area contributed by atoms with E-state index >= 15 is 0 Å². The quantitative estimate of drug-likeness (QED) is 0.416. The third kappa shape index (κ3) is 3.40. The van der Waals surface area contributed by atoms with Gasteiger partial charge in [-0.3, -0.25) is 4.79 Å². The van der Waals surface area contributed by atoms with Crippen molar-refractivity contribution in [1.29, 1.82) is 0 Å². The number of anilines is 1. The highest BCUT2D eigenvalue weighted by Gasteiger charge is 2.12. The Kier molecular flexibility index (Phi) is 4.45. The fraction of sp³-hybridized carbons (Fsp3) is 0.0909. The lowest BCUT2D eigenvalue weighted by molar-refractivity contribution is -0.118. The predicted molar refractivity (Wildman–Crippen MR) is 107 cm³/mol. The van der Waals surface area contributed by atoms with Gasteiger partial charge in [0.15, 0.2) is 6.61 Å². The number of aryl methyl sites for hydroxylation is 1. The van der Waals surface area contributed by atoms with Crippen molar-refractivity contribution in [2.75, 3.05) is 11.9 Å². The maximum Gasteiger partial charge on any atom is 0.336 e. The molecule has 0 saturated heterocycles. The molecule has 0 aliphatic rings. The third-order valence-corrected chi connectivity index (χ3v) is 4.46. The van der Waals surface area contributed by atoms with Crippen LogP contribution in [-0.4, -0.2) is 17.6 Å². The van der Waals surface area contributed by atoms with Crippen molar-refractivity contribution in [3.05, 3.63) is 76.6 Å². The topological polar surface area (TPSA) is 88.8 Å². The summed E-state index contributed by atoms with van der Waals surface area (Å²) in [5.74, 6) is -0.0361. The summed E-state index contributed by atoms with van der Waals surface area (Å²) in [6.45, 7) is 1.56. The van der Waals surface area contributed by atoms with Gasteiger partial charge in [0.2, 0.25) is 0 Å². The largest absolute Gasteiger partial charge is 0.506 e. The second-order valence-corrected chi connectivity index (χ2v) is 6.42. The van der Waals surface area contributed by atoms with Gasteiger partial charge in [0.25, 0.3) is 5.91 Å². The molecule has 4 aromatic rings. The van der Waals surface area contributed by atoms with Crippen LogP contribution >= 0.6 is 0 Å². The molecule has 0 radical (unpaired) electrons. The first-order valence-corrected chi connectivity index (χ1v) is 8.69. The Labute approximate surface area is 160 Å². The summed E-state index contributed by atoms with van der Waals surface area (Å²) in [5, 5.41) is 15.2. The number of fused-ring (bicyclic) bond motifs is 2. The lowest BCUT2D eigenvalue weighted by atomic mass is 10.1. The molecule has 1 heterocycles. The molecule has 0 saturated carbocycles. The van der Waals surface area contributed by atoms with Crippen LogP contribution in [0.2, 0.25) is 0 Å². The minimum Gasteiger partial charge on any atom is -0.506 e. The monoisotopic (exact) mass is 375 g/mol. The summed E-state index contributed by atoms with van der Waals surface area (Å²) < 4.78 is 10.7. The average Bonchev–Trinajstić information content (AvgIpc) is 2.68. The predicted octanol–water partition coefficient (Wildman–Crippen LogP) is 3.98. The van der Waals surface area contributed by atoms with Crippen molar-refractivity contribution in [1.82, 2.24) is 0 Å². The van der Waals surface area contributed by atoms with Crippen molar-refractivity contribution in [3.63, 3.8) is 0 Å². The number of carbonyl (C=O) groups excluding carboxylic acids is 1.